The molecule has 2 rings (SSSR count). The number of benzene rings is 1. The Morgan fingerprint density at radius 1 is 1.45 bits per heavy atom. The van der Waals surface area contributed by atoms with Gasteiger partial charge in [-0.15, -0.1) is 0 Å². The highest BCUT2D eigenvalue weighted by Gasteiger charge is 2.13. The van der Waals surface area contributed by atoms with Gasteiger partial charge in [-0.1, -0.05) is 6.07 Å². The summed E-state index contributed by atoms with van der Waals surface area (Å²) in [6.45, 7) is 1.19. The number of aryl methyl sites for hydroxylation is 1. The van der Waals surface area contributed by atoms with E-state index in [0.717, 1.165) is 18.5 Å². The minimum Gasteiger partial charge on any atom is -0.312 e. The molecule has 0 atom stereocenters. The molecule has 1 aromatic heterocycles. The predicted molar refractivity (Wildman–Crippen MR) is 71.7 cm³/mol. The van der Waals surface area contributed by atoms with Gasteiger partial charge in [0.25, 0.3) is 0 Å². The fourth-order valence-electron chi connectivity index (χ4n) is 1.87. The van der Waals surface area contributed by atoms with Gasteiger partial charge in [0.15, 0.2) is 0 Å². The summed E-state index contributed by atoms with van der Waals surface area (Å²) in [5, 5.41) is 17.7. The Bertz CT molecular complexity index is 612. The second-order valence-electron chi connectivity index (χ2n) is 4.49. The van der Waals surface area contributed by atoms with Crippen molar-refractivity contribution in [2.24, 2.45) is 7.05 Å². The van der Waals surface area contributed by atoms with Gasteiger partial charge in [-0.25, -0.2) is 0 Å². The lowest BCUT2D eigenvalue weighted by atomic mass is 10.2. The van der Waals surface area contributed by atoms with E-state index >= 15 is 0 Å². The SMILES string of the molecule is Cn1cc(CCNCc2ccc([N+](=O)[O-])c(F)c2)cn1. The van der Waals surface area contributed by atoms with Gasteiger partial charge in [0, 0.05) is 25.9 Å². The summed E-state index contributed by atoms with van der Waals surface area (Å²) < 4.78 is 15.1. The van der Waals surface area contributed by atoms with E-state index in [1.165, 1.54) is 12.1 Å². The van der Waals surface area contributed by atoms with E-state index in [2.05, 4.69) is 10.4 Å². The summed E-state index contributed by atoms with van der Waals surface area (Å²) in [5.41, 5.74) is 1.30. The van der Waals surface area contributed by atoms with Crippen molar-refractivity contribution in [1.82, 2.24) is 15.1 Å². The maximum Gasteiger partial charge on any atom is 0.304 e. The Hall–Kier alpha value is -2.28. The summed E-state index contributed by atoms with van der Waals surface area (Å²) in [7, 11) is 1.86. The number of nitrogens with one attached hydrogen (secondary N) is 1. The lowest BCUT2D eigenvalue weighted by Crippen LogP contribution is -2.16. The highest BCUT2D eigenvalue weighted by Crippen LogP contribution is 2.17. The van der Waals surface area contributed by atoms with Crippen LogP contribution in [0.2, 0.25) is 0 Å². The van der Waals surface area contributed by atoms with Gasteiger partial charge in [0.1, 0.15) is 0 Å². The zero-order valence-corrected chi connectivity index (χ0v) is 11.0. The molecule has 1 N–H and O–H groups in total. The summed E-state index contributed by atoms with van der Waals surface area (Å²) in [5.74, 6) is -0.804. The van der Waals surface area contributed by atoms with Crippen LogP contribution in [-0.4, -0.2) is 21.2 Å². The van der Waals surface area contributed by atoms with Crippen LogP contribution < -0.4 is 5.32 Å². The summed E-state index contributed by atoms with van der Waals surface area (Å²) in [6.07, 6.45) is 4.56. The molecule has 0 spiro atoms. The third-order valence-corrected chi connectivity index (χ3v) is 2.89. The quantitative estimate of drug-likeness (QED) is 0.497. The zero-order chi connectivity index (χ0) is 14.5. The van der Waals surface area contributed by atoms with Crippen molar-refractivity contribution in [2.75, 3.05) is 6.54 Å². The number of aromatic nitrogens is 2. The summed E-state index contributed by atoms with van der Waals surface area (Å²) >= 11 is 0. The van der Waals surface area contributed by atoms with Gasteiger partial charge in [-0.3, -0.25) is 14.8 Å². The first-order valence-electron chi connectivity index (χ1n) is 6.17. The standard InChI is InChI=1S/C13H15FN4O2/c1-17-9-11(8-16-17)4-5-15-7-10-2-3-13(18(19)20)12(14)6-10/h2-3,6,8-9,15H,4-5,7H2,1H3. The van der Waals surface area contributed by atoms with Crippen LogP contribution in [0.1, 0.15) is 11.1 Å². The number of rotatable bonds is 6. The third kappa shape index (κ3) is 3.61. The van der Waals surface area contributed by atoms with Crippen LogP contribution in [0.25, 0.3) is 0 Å². The fraction of sp³-hybridized carbons (Fsp3) is 0.308. The third-order valence-electron chi connectivity index (χ3n) is 2.89. The lowest BCUT2D eigenvalue weighted by Gasteiger charge is -2.04. The van der Waals surface area contributed by atoms with Gasteiger partial charge >= 0.3 is 5.69 Å². The van der Waals surface area contributed by atoms with Gasteiger partial charge in [0.05, 0.1) is 11.1 Å². The molecule has 2 aromatic rings. The van der Waals surface area contributed by atoms with Crippen molar-refractivity contribution >= 4 is 5.69 Å². The van der Waals surface area contributed by atoms with Crippen molar-refractivity contribution in [1.29, 1.82) is 0 Å². The molecule has 0 aliphatic rings. The molecule has 1 aromatic carbocycles. The molecule has 0 aliphatic heterocycles. The second kappa shape index (κ2) is 6.25. The van der Waals surface area contributed by atoms with Crippen LogP contribution in [0.5, 0.6) is 0 Å². The lowest BCUT2D eigenvalue weighted by molar-refractivity contribution is -0.387. The summed E-state index contributed by atoms with van der Waals surface area (Å²) in [4.78, 5) is 9.77. The first kappa shape index (κ1) is 14.1. The minimum atomic E-state index is -0.804. The van der Waals surface area contributed by atoms with Gasteiger partial charge < -0.3 is 5.32 Å². The average molecular weight is 278 g/mol. The van der Waals surface area contributed by atoms with E-state index in [-0.39, 0.29) is 0 Å². The molecule has 106 valence electrons. The molecule has 6 nitrogen and oxygen atoms in total. The molecule has 0 saturated heterocycles. The number of hydrogen-bond donors (Lipinski definition) is 1. The average Bonchev–Trinajstić information content (AvgIpc) is 2.80. The maximum atomic E-state index is 13.4. The van der Waals surface area contributed by atoms with Crippen LogP contribution in [0.3, 0.4) is 0 Å². The first-order valence-corrected chi connectivity index (χ1v) is 6.17. The second-order valence-corrected chi connectivity index (χ2v) is 4.49. The topological polar surface area (TPSA) is 73.0 Å². The van der Waals surface area contributed by atoms with Crippen LogP contribution >= 0.6 is 0 Å². The predicted octanol–water partition coefficient (Wildman–Crippen LogP) is 1.80. The van der Waals surface area contributed by atoms with Crippen LogP contribution in [0.4, 0.5) is 10.1 Å². The molecular weight excluding hydrogens is 263 g/mol. The number of nitro groups is 1. The highest BCUT2D eigenvalue weighted by atomic mass is 19.1. The molecule has 0 unspecified atom stereocenters. The molecule has 0 saturated carbocycles. The van der Waals surface area contributed by atoms with Crippen molar-refractivity contribution in [2.45, 2.75) is 13.0 Å². The van der Waals surface area contributed by atoms with Crippen LogP contribution in [-0.2, 0) is 20.0 Å². The maximum absolute atomic E-state index is 13.4. The van der Waals surface area contributed by atoms with Crippen molar-refractivity contribution in [3.8, 4) is 0 Å². The number of nitrogens with zero attached hydrogens (tertiary/aromatic N) is 3. The molecule has 20 heavy (non-hydrogen) atoms. The van der Waals surface area contributed by atoms with E-state index in [4.69, 9.17) is 0 Å². The molecule has 0 radical (unpaired) electrons. The highest BCUT2D eigenvalue weighted by molar-refractivity contribution is 5.34. The van der Waals surface area contributed by atoms with E-state index < -0.39 is 16.4 Å². The monoisotopic (exact) mass is 278 g/mol. The molecule has 0 aliphatic carbocycles. The van der Waals surface area contributed by atoms with Gasteiger partial charge in [-0.2, -0.15) is 9.49 Å². The van der Waals surface area contributed by atoms with Crippen LogP contribution in [0.15, 0.2) is 30.6 Å². The van der Waals surface area contributed by atoms with Crippen molar-refractivity contribution in [3.63, 3.8) is 0 Å². The number of nitro benzene ring substituents is 1. The Kier molecular flexibility index (Phi) is 4.41. The van der Waals surface area contributed by atoms with Gasteiger partial charge in [-0.05, 0) is 30.2 Å². The van der Waals surface area contributed by atoms with Crippen LogP contribution in [0, 0.1) is 15.9 Å². The molecular formula is C13H15FN4O2. The van der Waals surface area contributed by atoms with Gasteiger partial charge in [0.2, 0.25) is 5.82 Å². The largest absolute Gasteiger partial charge is 0.312 e. The minimum absolute atomic E-state index is 0.467. The molecule has 0 bridgehead atoms. The van der Waals surface area contributed by atoms with Crippen molar-refractivity contribution in [3.05, 3.63) is 57.7 Å². The van der Waals surface area contributed by atoms with Crippen molar-refractivity contribution < 1.29 is 9.31 Å². The Morgan fingerprint density at radius 2 is 2.25 bits per heavy atom. The Labute approximate surface area is 115 Å². The molecule has 0 amide bonds. The zero-order valence-electron chi connectivity index (χ0n) is 11.0. The van der Waals surface area contributed by atoms with E-state index in [1.807, 2.05) is 13.2 Å². The van der Waals surface area contributed by atoms with E-state index in [1.54, 1.807) is 16.9 Å². The van der Waals surface area contributed by atoms with E-state index in [9.17, 15) is 14.5 Å². The first-order chi connectivity index (χ1) is 9.56. The normalized spacial score (nSPS) is 10.7. The smallest absolute Gasteiger partial charge is 0.304 e. The number of hydrogen-bond acceptors (Lipinski definition) is 4. The Morgan fingerprint density at radius 3 is 2.85 bits per heavy atom. The Balaban J connectivity index is 1.82. The molecule has 7 heteroatoms. The number of halogens is 1. The molecule has 1 heterocycles. The summed E-state index contributed by atoms with van der Waals surface area (Å²) in [6, 6.07) is 3.93. The fourth-order valence-corrected chi connectivity index (χ4v) is 1.87. The van der Waals surface area contributed by atoms with E-state index in [0.29, 0.717) is 12.1 Å². The molecule has 0 fully saturated rings.